The number of rotatable bonds is 4. The summed E-state index contributed by atoms with van der Waals surface area (Å²) < 4.78 is 12.7. The number of nitrogens with zero attached hydrogens (tertiary/aromatic N) is 1. The molecule has 0 amide bonds. The van der Waals surface area contributed by atoms with Crippen molar-refractivity contribution in [3.8, 4) is 5.75 Å². The number of fused-ring (bicyclic) bond motifs is 1. The molecule has 0 spiro atoms. The first-order valence-corrected chi connectivity index (χ1v) is 6.90. The van der Waals surface area contributed by atoms with Gasteiger partial charge < -0.3 is 13.7 Å². The maximum Gasteiger partial charge on any atom is 0.198 e. The lowest BCUT2D eigenvalue weighted by Gasteiger charge is -2.04. The molecule has 2 aromatic heterocycles. The van der Waals surface area contributed by atoms with Crippen molar-refractivity contribution in [2.75, 3.05) is 7.11 Å². The molecule has 0 radical (unpaired) electrons. The standard InChI is InChI=1S/C17H17NO3/c1-4-14-11(8-9-21-14)17(19)12-10-18(2)13-6-5-7-15(20-3)16(12)13/h5-10H,4H2,1-3H3. The van der Waals surface area contributed by atoms with Crippen molar-refractivity contribution in [2.24, 2.45) is 7.05 Å². The van der Waals surface area contributed by atoms with Crippen LogP contribution in [0.4, 0.5) is 0 Å². The minimum Gasteiger partial charge on any atom is -0.496 e. The molecule has 21 heavy (non-hydrogen) atoms. The first-order valence-electron chi connectivity index (χ1n) is 6.90. The van der Waals surface area contributed by atoms with Crippen LogP contribution in [-0.2, 0) is 13.5 Å². The third kappa shape index (κ3) is 2.03. The van der Waals surface area contributed by atoms with Crippen molar-refractivity contribution >= 4 is 16.7 Å². The van der Waals surface area contributed by atoms with E-state index in [0.717, 1.165) is 10.9 Å². The Labute approximate surface area is 122 Å². The fraction of sp³-hybridized carbons (Fsp3) is 0.235. The van der Waals surface area contributed by atoms with E-state index in [1.165, 1.54) is 0 Å². The SMILES string of the molecule is CCc1occc1C(=O)c1cn(C)c2cccc(OC)c12. The third-order valence-corrected chi connectivity index (χ3v) is 3.75. The Morgan fingerprint density at radius 1 is 1.29 bits per heavy atom. The van der Waals surface area contributed by atoms with E-state index in [1.807, 2.05) is 42.9 Å². The van der Waals surface area contributed by atoms with E-state index < -0.39 is 0 Å². The Kier molecular flexibility index (Phi) is 3.29. The van der Waals surface area contributed by atoms with Gasteiger partial charge in [-0.2, -0.15) is 0 Å². The van der Waals surface area contributed by atoms with E-state index in [-0.39, 0.29) is 5.78 Å². The summed E-state index contributed by atoms with van der Waals surface area (Å²) in [7, 11) is 3.54. The highest BCUT2D eigenvalue weighted by molar-refractivity contribution is 6.18. The Morgan fingerprint density at radius 3 is 2.81 bits per heavy atom. The van der Waals surface area contributed by atoms with E-state index in [0.29, 0.717) is 29.1 Å². The van der Waals surface area contributed by atoms with Crippen LogP contribution < -0.4 is 4.74 Å². The summed E-state index contributed by atoms with van der Waals surface area (Å²) in [6.45, 7) is 1.97. The van der Waals surface area contributed by atoms with Crippen LogP contribution in [0.3, 0.4) is 0 Å². The molecule has 1 aromatic carbocycles. The molecule has 0 saturated carbocycles. The highest BCUT2D eigenvalue weighted by atomic mass is 16.5. The van der Waals surface area contributed by atoms with Gasteiger partial charge in [0.1, 0.15) is 11.5 Å². The van der Waals surface area contributed by atoms with Crippen molar-refractivity contribution in [1.29, 1.82) is 0 Å². The summed E-state index contributed by atoms with van der Waals surface area (Å²) in [5.41, 5.74) is 2.23. The second-order valence-corrected chi connectivity index (χ2v) is 4.95. The molecular weight excluding hydrogens is 266 g/mol. The van der Waals surface area contributed by atoms with Gasteiger partial charge in [0, 0.05) is 19.7 Å². The van der Waals surface area contributed by atoms with Crippen molar-refractivity contribution in [1.82, 2.24) is 4.57 Å². The Bertz CT molecular complexity index is 811. The van der Waals surface area contributed by atoms with Crippen LogP contribution in [0, 0.1) is 0 Å². The largest absolute Gasteiger partial charge is 0.496 e. The predicted molar refractivity (Wildman–Crippen MR) is 81.0 cm³/mol. The van der Waals surface area contributed by atoms with Gasteiger partial charge in [-0.15, -0.1) is 0 Å². The second kappa shape index (κ2) is 5.13. The lowest BCUT2D eigenvalue weighted by Crippen LogP contribution is -2.02. The molecule has 0 saturated heterocycles. The Hall–Kier alpha value is -2.49. The zero-order valence-corrected chi connectivity index (χ0v) is 12.3. The van der Waals surface area contributed by atoms with Gasteiger partial charge in [0.2, 0.25) is 0 Å². The van der Waals surface area contributed by atoms with E-state index in [1.54, 1.807) is 19.4 Å². The predicted octanol–water partition coefficient (Wildman–Crippen LogP) is 3.57. The quantitative estimate of drug-likeness (QED) is 0.687. The number of ether oxygens (including phenoxy) is 1. The van der Waals surface area contributed by atoms with Gasteiger partial charge in [0.25, 0.3) is 0 Å². The number of carbonyl (C=O) groups excluding carboxylic acids is 1. The fourth-order valence-corrected chi connectivity index (χ4v) is 2.72. The minimum atomic E-state index is -0.0318. The lowest BCUT2D eigenvalue weighted by atomic mass is 10.0. The van der Waals surface area contributed by atoms with Gasteiger partial charge in [-0.1, -0.05) is 13.0 Å². The number of aryl methyl sites for hydroxylation is 2. The minimum absolute atomic E-state index is 0.0318. The number of aromatic nitrogens is 1. The molecule has 108 valence electrons. The van der Waals surface area contributed by atoms with Gasteiger partial charge in [0.05, 0.1) is 35.4 Å². The Balaban J connectivity index is 2.23. The molecule has 4 nitrogen and oxygen atoms in total. The molecule has 0 aliphatic rings. The van der Waals surface area contributed by atoms with E-state index in [9.17, 15) is 4.79 Å². The molecule has 3 aromatic rings. The topological polar surface area (TPSA) is 44.4 Å². The number of hydrogen-bond donors (Lipinski definition) is 0. The van der Waals surface area contributed by atoms with Gasteiger partial charge in [0.15, 0.2) is 5.78 Å². The molecule has 2 heterocycles. The summed E-state index contributed by atoms with van der Waals surface area (Å²) in [6.07, 6.45) is 4.10. The molecule has 0 unspecified atom stereocenters. The summed E-state index contributed by atoms with van der Waals surface area (Å²) in [5, 5.41) is 0.843. The van der Waals surface area contributed by atoms with Crippen LogP contribution in [0.25, 0.3) is 10.9 Å². The van der Waals surface area contributed by atoms with E-state index >= 15 is 0 Å². The molecule has 0 bridgehead atoms. The van der Waals surface area contributed by atoms with E-state index in [2.05, 4.69) is 0 Å². The van der Waals surface area contributed by atoms with Crippen molar-refractivity contribution in [3.05, 3.63) is 53.6 Å². The number of methoxy groups -OCH3 is 1. The van der Waals surface area contributed by atoms with Gasteiger partial charge in [-0.3, -0.25) is 4.79 Å². The number of carbonyl (C=O) groups is 1. The highest BCUT2D eigenvalue weighted by Crippen LogP contribution is 2.32. The van der Waals surface area contributed by atoms with Gasteiger partial charge in [-0.05, 0) is 18.2 Å². The molecule has 0 N–H and O–H groups in total. The number of hydrogen-bond acceptors (Lipinski definition) is 3. The van der Waals surface area contributed by atoms with Crippen molar-refractivity contribution < 1.29 is 13.9 Å². The van der Waals surface area contributed by atoms with E-state index in [4.69, 9.17) is 9.15 Å². The normalized spacial score (nSPS) is 11.0. The van der Waals surface area contributed by atoms with Crippen LogP contribution in [0.1, 0.15) is 28.6 Å². The first-order chi connectivity index (χ1) is 10.2. The van der Waals surface area contributed by atoms with Crippen molar-refractivity contribution in [3.63, 3.8) is 0 Å². The molecule has 3 rings (SSSR count). The third-order valence-electron chi connectivity index (χ3n) is 3.75. The maximum atomic E-state index is 12.9. The molecule has 4 heteroatoms. The average Bonchev–Trinajstić information content (AvgIpc) is 3.11. The van der Waals surface area contributed by atoms with Crippen molar-refractivity contribution in [2.45, 2.75) is 13.3 Å². The number of benzene rings is 1. The summed E-state index contributed by atoms with van der Waals surface area (Å²) in [5.74, 6) is 1.39. The maximum absolute atomic E-state index is 12.9. The van der Waals surface area contributed by atoms with Crippen LogP contribution >= 0.6 is 0 Å². The zero-order valence-electron chi connectivity index (χ0n) is 12.3. The lowest BCUT2D eigenvalue weighted by molar-refractivity contribution is 0.103. The van der Waals surface area contributed by atoms with Crippen LogP contribution in [0.2, 0.25) is 0 Å². The van der Waals surface area contributed by atoms with Crippen LogP contribution in [-0.4, -0.2) is 17.5 Å². The van der Waals surface area contributed by atoms with Crippen LogP contribution in [0.5, 0.6) is 5.75 Å². The molecular formula is C17H17NO3. The smallest absolute Gasteiger partial charge is 0.198 e. The first kappa shape index (κ1) is 13.5. The fourth-order valence-electron chi connectivity index (χ4n) is 2.72. The summed E-state index contributed by atoms with van der Waals surface area (Å²) >= 11 is 0. The number of ketones is 1. The van der Waals surface area contributed by atoms with Crippen LogP contribution in [0.15, 0.2) is 41.1 Å². The van der Waals surface area contributed by atoms with Gasteiger partial charge >= 0.3 is 0 Å². The monoisotopic (exact) mass is 283 g/mol. The molecule has 0 fully saturated rings. The second-order valence-electron chi connectivity index (χ2n) is 4.95. The molecule has 0 aliphatic heterocycles. The van der Waals surface area contributed by atoms with Gasteiger partial charge in [-0.25, -0.2) is 0 Å². The molecule has 0 atom stereocenters. The number of furan rings is 1. The summed E-state index contributed by atoms with van der Waals surface area (Å²) in [6, 6.07) is 7.50. The zero-order chi connectivity index (χ0) is 15.0. The molecule has 0 aliphatic carbocycles. The highest BCUT2D eigenvalue weighted by Gasteiger charge is 2.21. The Morgan fingerprint density at radius 2 is 2.10 bits per heavy atom. The average molecular weight is 283 g/mol. The summed E-state index contributed by atoms with van der Waals surface area (Å²) in [4.78, 5) is 12.9.